The number of ether oxygens (including phenoxy) is 1. The predicted molar refractivity (Wildman–Crippen MR) is 86.6 cm³/mol. The second-order valence-corrected chi connectivity index (χ2v) is 5.35. The van der Waals surface area contributed by atoms with Gasteiger partial charge in [0, 0.05) is 11.6 Å². The number of methoxy groups -OCH3 is 1. The van der Waals surface area contributed by atoms with Gasteiger partial charge in [-0.3, -0.25) is 4.79 Å². The molecular formula is C18H21NO2. The summed E-state index contributed by atoms with van der Waals surface area (Å²) in [5.41, 5.74) is 4.15. The Bertz CT molecular complexity index is 630. The third-order valence-electron chi connectivity index (χ3n) is 3.52. The number of carbonyl (C=O) groups is 1. The van der Waals surface area contributed by atoms with Crippen LogP contribution in [0.5, 0.6) is 5.75 Å². The van der Waals surface area contributed by atoms with Crippen LogP contribution in [0.3, 0.4) is 0 Å². The first kappa shape index (κ1) is 15.1. The SMILES string of the molecule is COc1ccc(-c2cccc(NC(=O)C(C)C)c2C)cc1. The molecular weight excluding hydrogens is 262 g/mol. The standard InChI is InChI=1S/C18H21NO2/c1-12(2)18(20)19-17-7-5-6-16(13(17)3)14-8-10-15(21-4)11-9-14/h5-12H,1-4H3,(H,19,20). The van der Waals surface area contributed by atoms with E-state index in [4.69, 9.17) is 4.74 Å². The summed E-state index contributed by atoms with van der Waals surface area (Å²) >= 11 is 0. The van der Waals surface area contributed by atoms with Crippen molar-refractivity contribution in [2.75, 3.05) is 12.4 Å². The van der Waals surface area contributed by atoms with Gasteiger partial charge >= 0.3 is 0 Å². The fraction of sp³-hybridized carbons (Fsp3) is 0.278. The molecule has 21 heavy (non-hydrogen) atoms. The molecule has 1 N–H and O–H groups in total. The molecule has 0 heterocycles. The topological polar surface area (TPSA) is 38.3 Å². The van der Waals surface area contributed by atoms with Gasteiger partial charge in [0.05, 0.1) is 7.11 Å². The van der Waals surface area contributed by atoms with Gasteiger partial charge in [0.1, 0.15) is 5.75 Å². The van der Waals surface area contributed by atoms with Gasteiger partial charge in [-0.15, -0.1) is 0 Å². The lowest BCUT2D eigenvalue weighted by Crippen LogP contribution is -2.18. The highest BCUT2D eigenvalue weighted by molar-refractivity contribution is 5.94. The van der Waals surface area contributed by atoms with Crippen molar-refractivity contribution in [1.82, 2.24) is 0 Å². The molecule has 2 rings (SSSR count). The molecule has 0 fully saturated rings. The van der Waals surface area contributed by atoms with E-state index in [9.17, 15) is 4.79 Å². The Balaban J connectivity index is 2.34. The number of nitrogens with one attached hydrogen (secondary N) is 1. The van der Waals surface area contributed by atoms with E-state index in [-0.39, 0.29) is 11.8 Å². The van der Waals surface area contributed by atoms with Crippen LogP contribution in [-0.2, 0) is 4.79 Å². The van der Waals surface area contributed by atoms with Gasteiger partial charge in [0.15, 0.2) is 0 Å². The first-order valence-corrected chi connectivity index (χ1v) is 7.08. The van der Waals surface area contributed by atoms with Crippen LogP contribution in [0.1, 0.15) is 19.4 Å². The van der Waals surface area contributed by atoms with E-state index in [1.165, 1.54) is 0 Å². The number of carbonyl (C=O) groups excluding carboxylic acids is 1. The first-order valence-electron chi connectivity index (χ1n) is 7.08. The van der Waals surface area contributed by atoms with Crippen LogP contribution in [-0.4, -0.2) is 13.0 Å². The minimum Gasteiger partial charge on any atom is -0.497 e. The Morgan fingerprint density at radius 2 is 1.76 bits per heavy atom. The van der Waals surface area contributed by atoms with Crippen molar-refractivity contribution in [3.63, 3.8) is 0 Å². The van der Waals surface area contributed by atoms with Gasteiger partial charge in [-0.1, -0.05) is 38.1 Å². The minimum atomic E-state index is -0.0333. The summed E-state index contributed by atoms with van der Waals surface area (Å²) in [4.78, 5) is 11.9. The average Bonchev–Trinajstić information content (AvgIpc) is 2.49. The van der Waals surface area contributed by atoms with E-state index < -0.39 is 0 Å². The lowest BCUT2D eigenvalue weighted by atomic mass is 9.99. The maximum Gasteiger partial charge on any atom is 0.226 e. The molecule has 0 saturated heterocycles. The van der Waals surface area contributed by atoms with Gasteiger partial charge in [-0.2, -0.15) is 0 Å². The van der Waals surface area contributed by atoms with E-state index >= 15 is 0 Å². The van der Waals surface area contributed by atoms with Crippen LogP contribution in [0.15, 0.2) is 42.5 Å². The average molecular weight is 283 g/mol. The lowest BCUT2D eigenvalue weighted by Gasteiger charge is -2.14. The molecule has 3 nitrogen and oxygen atoms in total. The van der Waals surface area contributed by atoms with Crippen molar-refractivity contribution in [3.05, 3.63) is 48.0 Å². The quantitative estimate of drug-likeness (QED) is 0.910. The Hall–Kier alpha value is -2.29. The molecule has 0 spiro atoms. The summed E-state index contributed by atoms with van der Waals surface area (Å²) in [6, 6.07) is 13.9. The fourth-order valence-corrected chi connectivity index (χ4v) is 2.13. The Morgan fingerprint density at radius 3 is 2.33 bits per heavy atom. The molecule has 110 valence electrons. The predicted octanol–water partition coefficient (Wildman–Crippen LogP) is 4.27. The molecule has 3 heteroatoms. The van der Waals surface area contributed by atoms with Crippen molar-refractivity contribution in [2.24, 2.45) is 5.92 Å². The van der Waals surface area contributed by atoms with Crippen LogP contribution in [0, 0.1) is 12.8 Å². The van der Waals surface area contributed by atoms with E-state index in [1.54, 1.807) is 7.11 Å². The highest BCUT2D eigenvalue weighted by Gasteiger charge is 2.11. The zero-order chi connectivity index (χ0) is 15.4. The van der Waals surface area contributed by atoms with Crippen molar-refractivity contribution in [2.45, 2.75) is 20.8 Å². The number of rotatable bonds is 4. The van der Waals surface area contributed by atoms with Crippen LogP contribution in [0.25, 0.3) is 11.1 Å². The zero-order valence-corrected chi connectivity index (χ0v) is 12.9. The molecule has 2 aromatic carbocycles. The van der Waals surface area contributed by atoms with Gasteiger partial charge in [-0.05, 0) is 41.8 Å². The number of amides is 1. The Kier molecular flexibility index (Phi) is 4.63. The summed E-state index contributed by atoms with van der Waals surface area (Å²) < 4.78 is 5.18. The molecule has 0 unspecified atom stereocenters. The monoisotopic (exact) mass is 283 g/mol. The third-order valence-corrected chi connectivity index (χ3v) is 3.52. The Morgan fingerprint density at radius 1 is 1.10 bits per heavy atom. The third kappa shape index (κ3) is 3.43. The number of benzene rings is 2. The summed E-state index contributed by atoms with van der Waals surface area (Å²) in [6.45, 7) is 5.80. The summed E-state index contributed by atoms with van der Waals surface area (Å²) in [5, 5.41) is 2.98. The molecule has 0 aliphatic carbocycles. The number of hydrogen-bond donors (Lipinski definition) is 1. The molecule has 1 amide bonds. The van der Waals surface area contributed by atoms with Gasteiger partial charge in [-0.25, -0.2) is 0 Å². The van der Waals surface area contributed by atoms with Crippen LogP contribution in [0.4, 0.5) is 5.69 Å². The van der Waals surface area contributed by atoms with Crippen molar-refractivity contribution >= 4 is 11.6 Å². The molecule has 0 saturated carbocycles. The zero-order valence-electron chi connectivity index (χ0n) is 12.9. The van der Waals surface area contributed by atoms with Crippen molar-refractivity contribution in [3.8, 4) is 16.9 Å². The largest absolute Gasteiger partial charge is 0.497 e. The van der Waals surface area contributed by atoms with Crippen LogP contribution < -0.4 is 10.1 Å². The molecule has 0 atom stereocenters. The highest BCUT2D eigenvalue weighted by atomic mass is 16.5. The lowest BCUT2D eigenvalue weighted by molar-refractivity contribution is -0.118. The van der Waals surface area contributed by atoms with E-state index in [1.807, 2.05) is 57.2 Å². The molecule has 0 bridgehead atoms. The van der Waals surface area contributed by atoms with Gasteiger partial charge < -0.3 is 10.1 Å². The minimum absolute atomic E-state index is 0.0324. The maximum atomic E-state index is 11.9. The van der Waals surface area contributed by atoms with Gasteiger partial charge in [0.2, 0.25) is 5.91 Å². The number of anilines is 1. The van der Waals surface area contributed by atoms with E-state index in [0.29, 0.717) is 0 Å². The molecule has 2 aromatic rings. The Labute approximate surface area is 126 Å². The van der Waals surface area contributed by atoms with Crippen LogP contribution >= 0.6 is 0 Å². The molecule has 0 aliphatic rings. The van der Waals surface area contributed by atoms with Gasteiger partial charge in [0.25, 0.3) is 0 Å². The normalized spacial score (nSPS) is 10.5. The second kappa shape index (κ2) is 6.44. The summed E-state index contributed by atoms with van der Waals surface area (Å²) in [5.74, 6) is 0.833. The first-order chi connectivity index (χ1) is 10.0. The van der Waals surface area contributed by atoms with Crippen LogP contribution in [0.2, 0.25) is 0 Å². The molecule has 0 radical (unpaired) electrons. The second-order valence-electron chi connectivity index (χ2n) is 5.35. The van der Waals surface area contributed by atoms with Crippen molar-refractivity contribution < 1.29 is 9.53 Å². The maximum absolute atomic E-state index is 11.9. The smallest absolute Gasteiger partial charge is 0.226 e. The van der Waals surface area contributed by atoms with E-state index in [2.05, 4.69) is 11.4 Å². The van der Waals surface area contributed by atoms with Crippen molar-refractivity contribution in [1.29, 1.82) is 0 Å². The summed E-state index contributed by atoms with van der Waals surface area (Å²) in [6.07, 6.45) is 0. The fourth-order valence-electron chi connectivity index (χ4n) is 2.13. The summed E-state index contributed by atoms with van der Waals surface area (Å²) in [7, 11) is 1.66. The number of hydrogen-bond acceptors (Lipinski definition) is 2. The highest BCUT2D eigenvalue weighted by Crippen LogP contribution is 2.29. The molecule has 0 aromatic heterocycles. The molecule has 0 aliphatic heterocycles. The van der Waals surface area contributed by atoms with E-state index in [0.717, 1.165) is 28.1 Å².